The quantitative estimate of drug-likeness (QED) is 0.855. The molecule has 2 rings (SSSR count). The smallest absolute Gasteiger partial charge is 0.262 e. The predicted octanol–water partition coefficient (Wildman–Crippen LogP) is 2.83. The van der Waals surface area contributed by atoms with E-state index in [1.807, 2.05) is 0 Å². The molecule has 0 aromatic heterocycles. The molecule has 0 unspecified atom stereocenters. The van der Waals surface area contributed by atoms with E-state index >= 15 is 0 Å². The Morgan fingerprint density at radius 2 is 1.75 bits per heavy atom. The first-order valence-electron chi connectivity index (χ1n) is 5.95. The van der Waals surface area contributed by atoms with Crippen molar-refractivity contribution >= 4 is 21.4 Å². The monoisotopic (exact) mass is 294 g/mol. The van der Waals surface area contributed by atoms with E-state index < -0.39 is 15.8 Å². The Kier molecular flexibility index (Phi) is 3.67. The van der Waals surface area contributed by atoms with Crippen LogP contribution >= 0.6 is 0 Å². The molecule has 0 fully saturated rings. The summed E-state index contributed by atoms with van der Waals surface area (Å²) in [5.74, 6) is -0.467. The van der Waals surface area contributed by atoms with E-state index in [-0.39, 0.29) is 4.90 Å². The van der Waals surface area contributed by atoms with Crippen LogP contribution < -0.4 is 10.5 Å². The lowest BCUT2D eigenvalue weighted by molar-refractivity contribution is 0.598. The van der Waals surface area contributed by atoms with Gasteiger partial charge in [0, 0.05) is 5.69 Å². The van der Waals surface area contributed by atoms with E-state index in [4.69, 9.17) is 5.73 Å². The van der Waals surface area contributed by atoms with Crippen LogP contribution in [0.3, 0.4) is 0 Å². The molecule has 0 heterocycles. The Morgan fingerprint density at radius 3 is 2.35 bits per heavy atom. The molecule has 20 heavy (non-hydrogen) atoms. The Balaban J connectivity index is 2.41. The van der Waals surface area contributed by atoms with Gasteiger partial charge >= 0.3 is 0 Å². The van der Waals surface area contributed by atoms with Gasteiger partial charge in [0.25, 0.3) is 10.0 Å². The number of nitrogen functional groups attached to an aromatic ring is 1. The van der Waals surface area contributed by atoms with Crippen molar-refractivity contribution in [3.05, 3.63) is 53.3 Å². The highest BCUT2D eigenvalue weighted by Gasteiger charge is 2.18. The Labute approximate surface area is 117 Å². The van der Waals surface area contributed by atoms with Gasteiger partial charge in [-0.05, 0) is 61.4 Å². The molecule has 106 valence electrons. The van der Waals surface area contributed by atoms with Crippen LogP contribution in [0.1, 0.15) is 11.1 Å². The number of nitrogens with one attached hydrogen (secondary N) is 1. The normalized spacial score (nSPS) is 11.3. The molecular weight excluding hydrogens is 279 g/mol. The van der Waals surface area contributed by atoms with Gasteiger partial charge in [-0.2, -0.15) is 0 Å². The second kappa shape index (κ2) is 5.13. The fraction of sp³-hybridized carbons (Fsp3) is 0.143. The van der Waals surface area contributed by atoms with Crippen molar-refractivity contribution < 1.29 is 12.8 Å². The summed E-state index contributed by atoms with van der Waals surface area (Å²) < 4.78 is 40.1. The van der Waals surface area contributed by atoms with Crippen molar-refractivity contribution in [1.82, 2.24) is 0 Å². The van der Waals surface area contributed by atoms with Crippen molar-refractivity contribution in [2.24, 2.45) is 0 Å². The highest BCUT2D eigenvalue weighted by atomic mass is 32.2. The minimum atomic E-state index is -3.75. The zero-order valence-electron chi connectivity index (χ0n) is 11.1. The van der Waals surface area contributed by atoms with Crippen molar-refractivity contribution in [1.29, 1.82) is 0 Å². The summed E-state index contributed by atoms with van der Waals surface area (Å²) in [6.07, 6.45) is 0. The molecule has 2 aromatic carbocycles. The average molecular weight is 294 g/mol. The summed E-state index contributed by atoms with van der Waals surface area (Å²) in [6, 6.07) is 8.44. The van der Waals surface area contributed by atoms with Crippen molar-refractivity contribution in [3.8, 4) is 0 Å². The first-order valence-corrected chi connectivity index (χ1v) is 7.43. The van der Waals surface area contributed by atoms with Gasteiger partial charge in [0.15, 0.2) is 0 Å². The van der Waals surface area contributed by atoms with Crippen LogP contribution in [0.15, 0.2) is 41.3 Å². The maximum atomic E-state index is 13.0. The Hall–Kier alpha value is -2.08. The number of hydrogen-bond donors (Lipinski definition) is 2. The van der Waals surface area contributed by atoms with Gasteiger partial charge in [0.2, 0.25) is 0 Å². The fourth-order valence-corrected chi connectivity index (χ4v) is 3.27. The second-order valence-corrected chi connectivity index (χ2v) is 6.24. The fourth-order valence-electron chi connectivity index (χ4n) is 1.92. The summed E-state index contributed by atoms with van der Waals surface area (Å²) in [6.45, 7) is 3.30. The molecule has 6 heteroatoms. The standard InChI is InChI=1S/C14H15FN2O2S/c1-9-8-12(16)4-5-13(9)17-20(18,19)14-6-3-11(15)7-10(14)2/h3-8,17H,16H2,1-2H3. The SMILES string of the molecule is Cc1cc(N)ccc1NS(=O)(=O)c1ccc(F)cc1C. The number of anilines is 2. The van der Waals surface area contributed by atoms with Crippen LogP contribution in [0.5, 0.6) is 0 Å². The molecule has 0 aliphatic heterocycles. The van der Waals surface area contributed by atoms with E-state index in [0.717, 1.165) is 6.07 Å². The van der Waals surface area contributed by atoms with Gasteiger partial charge < -0.3 is 5.73 Å². The topological polar surface area (TPSA) is 72.2 Å². The molecular formula is C14H15FN2O2S. The van der Waals surface area contributed by atoms with Crippen LogP contribution in [0.25, 0.3) is 0 Å². The maximum Gasteiger partial charge on any atom is 0.262 e. The predicted molar refractivity (Wildman–Crippen MR) is 77.5 cm³/mol. The minimum absolute atomic E-state index is 0.0510. The van der Waals surface area contributed by atoms with Gasteiger partial charge in [0.1, 0.15) is 5.82 Å². The van der Waals surface area contributed by atoms with Crippen LogP contribution in [0.2, 0.25) is 0 Å². The molecule has 0 aliphatic rings. The number of nitrogens with two attached hydrogens (primary N) is 1. The largest absolute Gasteiger partial charge is 0.399 e. The number of sulfonamides is 1. The van der Waals surface area contributed by atoms with Gasteiger partial charge in [-0.15, -0.1) is 0 Å². The van der Waals surface area contributed by atoms with E-state index in [1.54, 1.807) is 32.0 Å². The zero-order valence-corrected chi connectivity index (χ0v) is 12.0. The lowest BCUT2D eigenvalue weighted by Gasteiger charge is -2.12. The molecule has 4 nitrogen and oxygen atoms in total. The molecule has 0 spiro atoms. The van der Waals surface area contributed by atoms with E-state index in [2.05, 4.69) is 4.72 Å². The lowest BCUT2D eigenvalue weighted by Crippen LogP contribution is -2.15. The van der Waals surface area contributed by atoms with Crippen LogP contribution in [-0.2, 0) is 10.0 Å². The van der Waals surface area contributed by atoms with E-state index in [9.17, 15) is 12.8 Å². The number of aryl methyl sites for hydroxylation is 2. The third-order valence-electron chi connectivity index (χ3n) is 2.92. The van der Waals surface area contributed by atoms with Gasteiger partial charge in [0.05, 0.1) is 10.6 Å². The molecule has 2 aromatic rings. The van der Waals surface area contributed by atoms with Gasteiger partial charge in [-0.3, -0.25) is 4.72 Å². The van der Waals surface area contributed by atoms with Crippen LogP contribution in [0.4, 0.5) is 15.8 Å². The summed E-state index contributed by atoms with van der Waals surface area (Å²) in [7, 11) is -3.75. The molecule has 0 radical (unpaired) electrons. The first-order chi connectivity index (χ1) is 9.29. The zero-order chi connectivity index (χ0) is 14.9. The summed E-state index contributed by atoms with van der Waals surface area (Å²) in [4.78, 5) is 0.0510. The molecule has 0 bridgehead atoms. The van der Waals surface area contributed by atoms with Crippen LogP contribution in [0, 0.1) is 19.7 Å². The highest BCUT2D eigenvalue weighted by Crippen LogP contribution is 2.23. The van der Waals surface area contributed by atoms with Gasteiger partial charge in [-0.25, -0.2) is 12.8 Å². The van der Waals surface area contributed by atoms with Crippen molar-refractivity contribution in [2.75, 3.05) is 10.5 Å². The summed E-state index contributed by atoms with van der Waals surface area (Å²) in [5, 5.41) is 0. The summed E-state index contributed by atoms with van der Waals surface area (Å²) >= 11 is 0. The molecule has 0 aliphatic carbocycles. The average Bonchev–Trinajstić information content (AvgIpc) is 2.32. The molecule has 0 saturated heterocycles. The molecule has 3 N–H and O–H groups in total. The highest BCUT2D eigenvalue weighted by molar-refractivity contribution is 7.92. The van der Waals surface area contributed by atoms with Crippen molar-refractivity contribution in [3.63, 3.8) is 0 Å². The van der Waals surface area contributed by atoms with Gasteiger partial charge in [-0.1, -0.05) is 0 Å². The molecule has 0 atom stereocenters. The number of hydrogen-bond acceptors (Lipinski definition) is 3. The first kappa shape index (κ1) is 14.3. The molecule has 0 saturated carbocycles. The summed E-state index contributed by atoms with van der Waals surface area (Å²) in [5.41, 5.74) is 7.70. The van der Waals surface area contributed by atoms with E-state index in [1.165, 1.54) is 12.1 Å². The van der Waals surface area contributed by atoms with Crippen molar-refractivity contribution in [2.45, 2.75) is 18.7 Å². The Bertz CT molecular complexity index is 758. The third-order valence-corrected chi connectivity index (χ3v) is 4.45. The maximum absolute atomic E-state index is 13.0. The number of benzene rings is 2. The second-order valence-electron chi connectivity index (χ2n) is 4.59. The third kappa shape index (κ3) is 2.91. The number of halogens is 1. The number of rotatable bonds is 3. The lowest BCUT2D eigenvalue weighted by atomic mass is 10.2. The molecule has 0 amide bonds. The minimum Gasteiger partial charge on any atom is -0.399 e. The van der Waals surface area contributed by atoms with Crippen LogP contribution in [-0.4, -0.2) is 8.42 Å². The van der Waals surface area contributed by atoms with E-state index in [0.29, 0.717) is 22.5 Å². The Morgan fingerprint density at radius 1 is 1.05 bits per heavy atom.